The lowest BCUT2D eigenvalue weighted by Crippen LogP contribution is -2.45. The van der Waals surface area contributed by atoms with Crippen LogP contribution in [0, 0.1) is 10.1 Å². The van der Waals surface area contributed by atoms with Crippen LogP contribution in [0.1, 0.15) is 16.5 Å². The number of piperazine rings is 1. The molecule has 6 nitrogen and oxygen atoms in total. The maximum atomic E-state index is 11.3. The minimum Gasteiger partial charge on any atom is -0.490 e. The highest BCUT2D eigenvalue weighted by Crippen LogP contribution is 2.36. The number of nitro benzene ring substituents is 1. The second-order valence-corrected chi connectivity index (χ2v) is 6.37. The maximum absolute atomic E-state index is 11.3. The van der Waals surface area contributed by atoms with E-state index >= 15 is 0 Å². The maximum Gasteiger partial charge on any atom is 0.311 e. The van der Waals surface area contributed by atoms with Crippen molar-refractivity contribution in [2.75, 3.05) is 33.3 Å². The molecule has 0 amide bonds. The van der Waals surface area contributed by atoms with Crippen molar-refractivity contribution in [3.63, 3.8) is 0 Å². The van der Waals surface area contributed by atoms with Gasteiger partial charge in [-0.2, -0.15) is 0 Å². The third kappa shape index (κ3) is 3.36. The summed E-state index contributed by atoms with van der Waals surface area (Å²) in [6, 6.07) is 9.42. The van der Waals surface area contributed by atoms with Gasteiger partial charge in [-0.3, -0.25) is 15.0 Å². The molecule has 1 fully saturated rings. The second-order valence-electron chi connectivity index (χ2n) is 5.39. The van der Waals surface area contributed by atoms with Crippen molar-refractivity contribution < 1.29 is 9.66 Å². The summed E-state index contributed by atoms with van der Waals surface area (Å²) in [5.41, 5.74) is 0.948. The quantitative estimate of drug-likeness (QED) is 0.673. The van der Waals surface area contributed by atoms with E-state index in [0.29, 0.717) is 5.75 Å². The van der Waals surface area contributed by atoms with Crippen LogP contribution in [-0.2, 0) is 0 Å². The Balaban J connectivity index is 2.02. The lowest BCUT2D eigenvalue weighted by atomic mass is 10.0. The molecule has 23 heavy (non-hydrogen) atoms. The van der Waals surface area contributed by atoms with Crippen LogP contribution in [0.5, 0.6) is 5.75 Å². The molecule has 1 N–H and O–H groups in total. The highest BCUT2D eigenvalue weighted by Gasteiger charge is 2.27. The van der Waals surface area contributed by atoms with Gasteiger partial charge in [-0.25, -0.2) is 0 Å². The molecule has 1 aromatic carbocycles. The fourth-order valence-corrected chi connectivity index (χ4v) is 3.85. The molecule has 0 radical (unpaired) electrons. The molecule has 0 bridgehead atoms. The summed E-state index contributed by atoms with van der Waals surface area (Å²) in [6.07, 6.45) is 0. The SMILES string of the molecule is COc1ccc([C@H](c2cccs2)N2CCNCC2)cc1[N+](=O)[O-]. The zero-order valence-electron chi connectivity index (χ0n) is 12.9. The van der Waals surface area contributed by atoms with Gasteiger partial charge in [0, 0.05) is 37.1 Å². The van der Waals surface area contributed by atoms with Gasteiger partial charge >= 0.3 is 5.69 Å². The van der Waals surface area contributed by atoms with Gasteiger partial charge in [-0.05, 0) is 23.1 Å². The van der Waals surface area contributed by atoms with Gasteiger partial charge in [0.25, 0.3) is 0 Å². The van der Waals surface area contributed by atoms with Gasteiger partial charge in [-0.1, -0.05) is 12.1 Å². The molecule has 7 heteroatoms. The van der Waals surface area contributed by atoms with E-state index in [1.165, 1.54) is 12.0 Å². The molecule has 122 valence electrons. The smallest absolute Gasteiger partial charge is 0.311 e. The zero-order valence-corrected chi connectivity index (χ0v) is 13.7. The van der Waals surface area contributed by atoms with Gasteiger partial charge in [0.2, 0.25) is 0 Å². The monoisotopic (exact) mass is 333 g/mol. The predicted octanol–water partition coefficient (Wildman–Crippen LogP) is 2.66. The molecule has 2 heterocycles. The molecule has 0 spiro atoms. The minimum absolute atomic E-state index is 0.0155. The fraction of sp³-hybridized carbons (Fsp3) is 0.375. The van der Waals surface area contributed by atoms with Crippen molar-refractivity contribution in [3.05, 3.63) is 56.3 Å². The normalized spacial score (nSPS) is 16.9. The predicted molar refractivity (Wildman–Crippen MR) is 90.3 cm³/mol. The van der Waals surface area contributed by atoms with Crippen molar-refractivity contribution in [2.45, 2.75) is 6.04 Å². The summed E-state index contributed by atoms with van der Waals surface area (Å²) in [4.78, 5) is 14.5. The lowest BCUT2D eigenvalue weighted by Gasteiger charge is -2.34. The molecule has 0 aliphatic carbocycles. The van der Waals surface area contributed by atoms with Gasteiger partial charge in [0.15, 0.2) is 5.75 Å². The zero-order chi connectivity index (χ0) is 16.2. The molecule has 0 unspecified atom stereocenters. The number of nitrogens with one attached hydrogen (secondary N) is 1. The average Bonchev–Trinajstić information content (AvgIpc) is 3.10. The molecule has 1 aromatic heterocycles. The number of rotatable bonds is 5. The van der Waals surface area contributed by atoms with E-state index in [-0.39, 0.29) is 16.7 Å². The highest BCUT2D eigenvalue weighted by atomic mass is 32.1. The van der Waals surface area contributed by atoms with E-state index in [9.17, 15) is 10.1 Å². The van der Waals surface area contributed by atoms with Crippen LogP contribution in [0.25, 0.3) is 0 Å². The van der Waals surface area contributed by atoms with Crippen LogP contribution < -0.4 is 10.1 Å². The largest absolute Gasteiger partial charge is 0.490 e. The van der Waals surface area contributed by atoms with Crippen LogP contribution in [0.15, 0.2) is 35.7 Å². The van der Waals surface area contributed by atoms with Gasteiger partial charge < -0.3 is 10.1 Å². The molecule has 1 atom stereocenters. The number of ether oxygens (including phenoxy) is 1. The van der Waals surface area contributed by atoms with Crippen molar-refractivity contribution in [1.29, 1.82) is 0 Å². The molecular weight excluding hydrogens is 314 g/mol. The summed E-state index contributed by atoms with van der Waals surface area (Å²) in [6.45, 7) is 3.70. The molecule has 2 aromatic rings. The third-order valence-electron chi connectivity index (χ3n) is 4.04. The second kappa shape index (κ2) is 7.08. The lowest BCUT2D eigenvalue weighted by molar-refractivity contribution is -0.385. The standard InChI is InChI=1S/C16H19N3O3S/c1-22-14-5-4-12(11-13(14)19(20)21)16(15-3-2-10-23-15)18-8-6-17-7-9-18/h2-5,10-11,16-17H,6-9H2,1H3/t16-/m1/s1. The van der Waals surface area contributed by atoms with Crippen LogP contribution in [0.4, 0.5) is 5.69 Å². The van der Waals surface area contributed by atoms with Gasteiger partial charge in [0.1, 0.15) is 0 Å². The molecular formula is C16H19N3O3S. The molecule has 0 saturated carbocycles. The number of nitro groups is 1. The summed E-state index contributed by atoms with van der Waals surface area (Å²) in [5, 5.41) is 16.7. The number of benzene rings is 1. The Kier molecular flexibility index (Phi) is 4.90. The van der Waals surface area contributed by atoms with Gasteiger partial charge in [-0.15, -0.1) is 11.3 Å². The van der Waals surface area contributed by atoms with Crippen molar-refractivity contribution in [2.24, 2.45) is 0 Å². The average molecular weight is 333 g/mol. The first-order valence-corrected chi connectivity index (χ1v) is 8.39. The van der Waals surface area contributed by atoms with E-state index in [1.54, 1.807) is 23.5 Å². The summed E-state index contributed by atoms with van der Waals surface area (Å²) in [5.74, 6) is 0.295. The Morgan fingerprint density at radius 1 is 1.35 bits per heavy atom. The number of thiophene rings is 1. The summed E-state index contributed by atoms with van der Waals surface area (Å²) >= 11 is 1.68. The number of nitrogens with zero attached hydrogens (tertiary/aromatic N) is 2. The summed E-state index contributed by atoms with van der Waals surface area (Å²) < 4.78 is 5.11. The first-order chi connectivity index (χ1) is 11.2. The number of methoxy groups -OCH3 is 1. The van der Waals surface area contributed by atoms with Crippen LogP contribution in [-0.4, -0.2) is 43.1 Å². The van der Waals surface area contributed by atoms with Crippen LogP contribution in [0.2, 0.25) is 0 Å². The highest BCUT2D eigenvalue weighted by molar-refractivity contribution is 7.10. The topological polar surface area (TPSA) is 67.6 Å². The first-order valence-electron chi connectivity index (χ1n) is 7.51. The molecule has 1 saturated heterocycles. The number of hydrogen-bond donors (Lipinski definition) is 1. The van der Waals surface area contributed by atoms with E-state index in [4.69, 9.17) is 4.74 Å². The Bertz CT molecular complexity index is 669. The Labute approximate surface area is 138 Å². The molecule has 3 rings (SSSR count). The van der Waals surface area contributed by atoms with Crippen LogP contribution in [0.3, 0.4) is 0 Å². The van der Waals surface area contributed by atoms with Crippen molar-refractivity contribution in [3.8, 4) is 5.75 Å². The molecule has 1 aliphatic heterocycles. The fourth-order valence-electron chi connectivity index (χ4n) is 2.96. The van der Waals surface area contributed by atoms with E-state index in [2.05, 4.69) is 16.3 Å². The Hall–Kier alpha value is -1.96. The van der Waals surface area contributed by atoms with E-state index in [0.717, 1.165) is 31.7 Å². The molecule has 1 aliphatic rings. The Morgan fingerprint density at radius 2 is 2.13 bits per heavy atom. The van der Waals surface area contributed by atoms with Gasteiger partial charge in [0.05, 0.1) is 18.1 Å². The minimum atomic E-state index is -0.383. The van der Waals surface area contributed by atoms with Crippen LogP contribution >= 0.6 is 11.3 Å². The van der Waals surface area contributed by atoms with Crippen molar-refractivity contribution >= 4 is 17.0 Å². The van der Waals surface area contributed by atoms with E-state index in [1.807, 2.05) is 17.5 Å². The van der Waals surface area contributed by atoms with E-state index < -0.39 is 0 Å². The third-order valence-corrected chi connectivity index (χ3v) is 4.97. The Morgan fingerprint density at radius 3 is 2.74 bits per heavy atom. The first kappa shape index (κ1) is 15.9. The summed E-state index contributed by atoms with van der Waals surface area (Å²) in [7, 11) is 1.45. The van der Waals surface area contributed by atoms with Crippen molar-refractivity contribution in [1.82, 2.24) is 10.2 Å². The number of hydrogen-bond acceptors (Lipinski definition) is 6.